The second-order valence-electron chi connectivity index (χ2n) is 4.98. The highest BCUT2D eigenvalue weighted by atomic mass is 32.2. The summed E-state index contributed by atoms with van der Waals surface area (Å²) in [4.78, 5) is 10.9. The average molecular weight is 436 g/mol. The van der Waals surface area contributed by atoms with E-state index in [1.54, 1.807) is 0 Å². The van der Waals surface area contributed by atoms with Crippen LogP contribution in [0.2, 0.25) is 0 Å². The fourth-order valence-electron chi connectivity index (χ4n) is 1.78. The number of ether oxygens (including phenoxy) is 3. The lowest BCUT2D eigenvalue weighted by atomic mass is 10.4. The number of amidine groups is 1. The van der Waals surface area contributed by atoms with Crippen LogP contribution in [0.4, 0.5) is 19.1 Å². The molecule has 15 heteroatoms. The second-order valence-corrected chi connectivity index (χ2v) is 6.50. The van der Waals surface area contributed by atoms with Crippen LogP contribution in [0.3, 0.4) is 0 Å². The van der Waals surface area contributed by atoms with Gasteiger partial charge in [0.25, 0.3) is 0 Å². The molecule has 0 aliphatic heterocycles. The number of alkyl halides is 3. The van der Waals surface area contributed by atoms with E-state index in [2.05, 4.69) is 24.1 Å². The van der Waals surface area contributed by atoms with Crippen molar-refractivity contribution in [3.63, 3.8) is 0 Å². The molecule has 0 fully saturated rings. The minimum Gasteiger partial charge on any atom is -0.845 e. The number of halogens is 3. The zero-order chi connectivity index (χ0) is 21.7. The van der Waals surface area contributed by atoms with E-state index in [1.165, 1.54) is 20.3 Å². The molecule has 0 atom stereocenters. The van der Waals surface area contributed by atoms with Crippen LogP contribution in [-0.2, 0) is 10.0 Å². The van der Waals surface area contributed by atoms with E-state index >= 15 is 0 Å². The number of anilines is 1. The normalized spacial score (nSPS) is 12.4. The molecular weight excluding hydrogens is 423 g/mol. The molecule has 0 aliphatic carbocycles. The van der Waals surface area contributed by atoms with Gasteiger partial charge in [-0.3, -0.25) is 0 Å². The summed E-state index contributed by atoms with van der Waals surface area (Å²) in [7, 11) is -2.25. The highest BCUT2D eigenvalue weighted by molar-refractivity contribution is 7.90. The summed E-state index contributed by atoms with van der Waals surface area (Å²) in [5.74, 6) is -1.11. The Morgan fingerprint density at radius 2 is 1.86 bits per heavy atom. The highest BCUT2D eigenvalue weighted by Gasteiger charge is 2.30. The number of aromatic nitrogens is 3. The Kier molecular flexibility index (Phi) is 6.63. The molecule has 11 nitrogen and oxygen atoms in total. The summed E-state index contributed by atoms with van der Waals surface area (Å²) in [6.45, 7) is -1.76. The third-order valence-corrected chi connectivity index (χ3v) is 4.09. The Bertz CT molecular complexity index is 977. The van der Waals surface area contributed by atoms with Crippen molar-refractivity contribution in [2.24, 2.45) is 4.40 Å². The summed E-state index contributed by atoms with van der Waals surface area (Å²) in [6, 6.07) is 1.95. The Labute approximate surface area is 162 Å². The Morgan fingerprint density at radius 3 is 2.41 bits per heavy atom. The van der Waals surface area contributed by atoms with Crippen LogP contribution in [-0.4, -0.2) is 56.4 Å². The monoisotopic (exact) mass is 436 g/mol. The number of sulfonamides is 1. The molecule has 0 amide bonds. The van der Waals surface area contributed by atoms with Crippen LogP contribution in [0.5, 0.6) is 17.5 Å². The zero-order valence-electron chi connectivity index (χ0n) is 14.8. The number of pyridine rings is 1. The molecule has 0 aliphatic rings. The van der Waals surface area contributed by atoms with Crippen LogP contribution in [0.15, 0.2) is 33.8 Å². The summed E-state index contributed by atoms with van der Waals surface area (Å²) < 4.78 is 78.7. The minimum absolute atomic E-state index is 0.00238. The lowest BCUT2D eigenvalue weighted by Gasteiger charge is -2.14. The van der Waals surface area contributed by atoms with E-state index in [0.717, 1.165) is 18.3 Å². The summed E-state index contributed by atoms with van der Waals surface area (Å²) >= 11 is 0. The van der Waals surface area contributed by atoms with Gasteiger partial charge in [0.2, 0.25) is 22.7 Å². The zero-order valence-corrected chi connectivity index (χ0v) is 15.6. The SMILES string of the molecule is COc1cc(OC)nc(N/C([O-])=N\S(=O)(=O)c2ncccc2OCC(F)(F)F)n1. The molecule has 158 valence electrons. The second kappa shape index (κ2) is 8.76. The topological polar surface area (TPSA) is 148 Å². The number of nitrogens with one attached hydrogen (secondary N) is 1. The van der Waals surface area contributed by atoms with Gasteiger partial charge in [-0.1, -0.05) is 0 Å². The van der Waals surface area contributed by atoms with Gasteiger partial charge in [0.05, 0.1) is 26.3 Å². The standard InChI is InChI=1S/C14H14F3N5O6S/c1-26-9-6-10(27-2)20-12(19-9)21-13(23)22-29(24,25)11-8(4-3-5-18-11)28-7-14(15,16)17/h3-6H,7H2,1-2H3,(H2,19,20,21,22,23)/p-1. The first-order valence-corrected chi connectivity index (χ1v) is 8.88. The predicted molar refractivity (Wildman–Crippen MR) is 89.2 cm³/mol. The third kappa shape index (κ3) is 6.34. The maximum atomic E-state index is 12.3. The molecule has 0 unspecified atom stereocenters. The molecule has 1 N–H and O–H groups in total. The number of hydrogen-bond acceptors (Lipinski definition) is 9. The lowest BCUT2D eigenvalue weighted by Crippen LogP contribution is -2.29. The van der Waals surface area contributed by atoms with Gasteiger partial charge in [-0.25, -0.2) is 4.98 Å². The predicted octanol–water partition coefficient (Wildman–Crippen LogP) is 0.347. The van der Waals surface area contributed by atoms with Crippen LogP contribution in [0.1, 0.15) is 0 Å². The van der Waals surface area contributed by atoms with E-state index in [4.69, 9.17) is 9.47 Å². The summed E-state index contributed by atoms with van der Waals surface area (Å²) in [5, 5.41) is 13.0. The lowest BCUT2D eigenvalue weighted by molar-refractivity contribution is -0.213. The van der Waals surface area contributed by atoms with Gasteiger partial charge in [0.1, 0.15) is 0 Å². The van der Waals surface area contributed by atoms with E-state index in [1.807, 2.05) is 5.32 Å². The molecule has 0 spiro atoms. The third-order valence-electron chi connectivity index (χ3n) is 2.89. The molecule has 0 saturated heterocycles. The van der Waals surface area contributed by atoms with Crippen molar-refractivity contribution < 1.29 is 40.9 Å². The summed E-state index contributed by atoms with van der Waals surface area (Å²) in [5.41, 5.74) is 0. The van der Waals surface area contributed by atoms with E-state index < -0.39 is 39.6 Å². The highest BCUT2D eigenvalue weighted by Crippen LogP contribution is 2.25. The molecule has 2 rings (SSSR count). The van der Waals surface area contributed by atoms with Crippen molar-refractivity contribution in [2.45, 2.75) is 11.2 Å². The Balaban J connectivity index is 2.29. The molecule has 2 aromatic heterocycles. The van der Waals surface area contributed by atoms with Gasteiger partial charge < -0.3 is 24.6 Å². The average Bonchev–Trinajstić information content (AvgIpc) is 2.65. The smallest absolute Gasteiger partial charge is 0.422 e. The number of methoxy groups -OCH3 is 2. The molecule has 29 heavy (non-hydrogen) atoms. The quantitative estimate of drug-likeness (QED) is 0.476. The van der Waals surface area contributed by atoms with Crippen molar-refractivity contribution >= 4 is 22.0 Å². The van der Waals surface area contributed by atoms with Crippen molar-refractivity contribution in [3.05, 3.63) is 24.4 Å². The van der Waals surface area contributed by atoms with Crippen LogP contribution >= 0.6 is 0 Å². The first kappa shape index (κ1) is 21.9. The van der Waals surface area contributed by atoms with Gasteiger partial charge in [0.15, 0.2) is 12.4 Å². The largest absolute Gasteiger partial charge is 0.845 e. The molecule has 0 saturated carbocycles. The maximum Gasteiger partial charge on any atom is 0.422 e. The fourth-order valence-corrected chi connectivity index (χ4v) is 2.70. The molecular formula is C14H13F3N5O6S-. The van der Waals surface area contributed by atoms with Crippen molar-refractivity contribution in [2.75, 3.05) is 26.1 Å². The van der Waals surface area contributed by atoms with Crippen molar-refractivity contribution in [1.82, 2.24) is 15.0 Å². The first-order valence-electron chi connectivity index (χ1n) is 7.44. The van der Waals surface area contributed by atoms with Gasteiger partial charge in [-0.15, -0.1) is 0 Å². The van der Waals surface area contributed by atoms with Crippen LogP contribution < -0.4 is 24.6 Å². The van der Waals surface area contributed by atoms with Crippen LogP contribution in [0.25, 0.3) is 0 Å². The van der Waals surface area contributed by atoms with Gasteiger partial charge >= 0.3 is 16.2 Å². The van der Waals surface area contributed by atoms with E-state index in [9.17, 15) is 26.7 Å². The summed E-state index contributed by atoms with van der Waals surface area (Å²) in [6.07, 6.45) is -3.73. The molecule has 0 aromatic carbocycles. The minimum atomic E-state index is -4.82. The van der Waals surface area contributed by atoms with Gasteiger partial charge in [-0.05, 0) is 12.1 Å². The van der Waals surface area contributed by atoms with Crippen LogP contribution in [0, 0.1) is 0 Å². The number of hydrogen-bond donors (Lipinski definition) is 1. The number of rotatable bonds is 7. The van der Waals surface area contributed by atoms with Gasteiger partial charge in [0, 0.05) is 6.20 Å². The fraction of sp³-hybridized carbons (Fsp3) is 0.286. The maximum absolute atomic E-state index is 12.3. The molecule has 0 bridgehead atoms. The van der Waals surface area contributed by atoms with E-state index in [0.29, 0.717) is 0 Å². The number of nitrogens with zero attached hydrogens (tertiary/aromatic N) is 4. The molecule has 2 heterocycles. The first-order chi connectivity index (χ1) is 13.5. The Hall–Kier alpha value is -3.36. The molecule has 2 aromatic rings. The molecule has 0 radical (unpaired) electrons. The van der Waals surface area contributed by atoms with E-state index in [-0.39, 0.29) is 17.7 Å². The Morgan fingerprint density at radius 1 is 1.24 bits per heavy atom. The van der Waals surface area contributed by atoms with Crippen molar-refractivity contribution in [1.29, 1.82) is 0 Å². The van der Waals surface area contributed by atoms with Gasteiger partial charge in [-0.2, -0.15) is 36.0 Å². The van der Waals surface area contributed by atoms with Crippen molar-refractivity contribution in [3.8, 4) is 17.5 Å².